The van der Waals surface area contributed by atoms with Gasteiger partial charge in [-0.3, -0.25) is 14.6 Å². The van der Waals surface area contributed by atoms with E-state index in [1.807, 2.05) is 50.8 Å². The fourth-order valence-electron chi connectivity index (χ4n) is 4.79. The summed E-state index contributed by atoms with van der Waals surface area (Å²) < 4.78 is 46.8. The number of pyridine rings is 1. The van der Waals surface area contributed by atoms with Crippen molar-refractivity contribution in [2.24, 2.45) is 5.41 Å². The van der Waals surface area contributed by atoms with Crippen LogP contribution in [0.25, 0.3) is 28.2 Å². The second kappa shape index (κ2) is 12.9. The minimum absolute atomic E-state index is 0.0134. The molecule has 3 aromatic heterocycles. The number of ether oxygens (including phenoxy) is 1. The number of aryl methyl sites for hydroxylation is 1. The number of methoxy groups -OCH3 is 1. The maximum atomic E-state index is 13.6. The normalized spacial score (nSPS) is 12.0. The number of fused-ring (bicyclic) bond motifs is 1. The van der Waals surface area contributed by atoms with E-state index in [0.717, 1.165) is 48.7 Å². The summed E-state index contributed by atoms with van der Waals surface area (Å²) in [5, 5.41) is 4.40. The molecule has 0 atom stereocenters. The summed E-state index contributed by atoms with van der Waals surface area (Å²) in [6, 6.07) is 11.6. The molecule has 0 bridgehead atoms. The molecule has 1 amide bonds. The number of benzene rings is 1. The van der Waals surface area contributed by atoms with Crippen LogP contribution in [0, 0.1) is 12.3 Å². The summed E-state index contributed by atoms with van der Waals surface area (Å²) in [5.41, 5.74) is 1.86. The minimum Gasteiger partial charge on any atom is -0.469 e. The number of esters is 1. The molecule has 0 radical (unpaired) electrons. The third kappa shape index (κ3) is 7.57. The Bertz CT molecular complexity index is 1610. The molecule has 0 fully saturated rings. The van der Waals surface area contributed by atoms with Gasteiger partial charge in [-0.25, -0.2) is 9.50 Å². The lowest BCUT2D eigenvalue weighted by molar-refractivity contribution is -0.141. The second-order valence-corrected chi connectivity index (χ2v) is 11.5. The Morgan fingerprint density at radius 2 is 1.72 bits per heavy atom. The molecule has 0 saturated carbocycles. The molecule has 0 aliphatic heterocycles. The lowest BCUT2D eigenvalue weighted by atomic mass is 9.93. The van der Waals surface area contributed by atoms with E-state index in [9.17, 15) is 22.8 Å². The lowest BCUT2D eigenvalue weighted by Crippen LogP contribution is -2.40. The number of hydrogen-bond acceptors (Lipinski definition) is 6. The van der Waals surface area contributed by atoms with Gasteiger partial charge in [0.1, 0.15) is 0 Å². The first-order chi connectivity index (χ1) is 20.3. The molecule has 3 heterocycles. The Balaban J connectivity index is 1.62. The molecule has 0 N–H and O–H groups in total. The van der Waals surface area contributed by atoms with Crippen LogP contribution >= 0.6 is 0 Å². The molecule has 0 spiro atoms. The molecule has 43 heavy (non-hydrogen) atoms. The average Bonchev–Trinajstić information content (AvgIpc) is 3.39. The fourth-order valence-corrected chi connectivity index (χ4v) is 4.79. The van der Waals surface area contributed by atoms with E-state index in [-0.39, 0.29) is 23.1 Å². The van der Waals surface area contributed by atoms with Gasteiger partial charge in [0.25, 0.3) is 0 Å². The summed E-state index contributed by atoms with van der Waals surface area (Å²) in [4.78, 5) is 35.0. The van der Waals surface area contributed by atoms with Crippen LogP contribution in [0.4, 0.5) is 18.9 Å². The van der Waals surface area contributed by atoms with Crippen LogP contribution in [0.1, 0.15) is 64.1 Å². The largest absolute Gasteiger partial charge is 0.469 e. The van der Waals surface area contributed by atoms with Crippen molar-refractivity contribution in [2.75, 3.05) is 18.6 Å². The highest BCUT2D eigenvalue weighted by Gasteiger charge is 2.36. The monoisotopic (exact) mass is 595 g/mol. The van der Waals surface area contributed by atoms with E-state index >= 15 is 0 Å². The maximum absolute atomic E-state index is 13.6. The SMILES string of the molecule is COC(=O)CCCCCCN(C(=O)C(C)(C)C)c1cc(-c2cn3nc(-c4cccnc4C(F)(F)F)ccc3n2)ccc1C. The number of hydrogen-bond donors (Lipinski definition) is 0. The van der Waals surface area contributed by atoms with Gasteiger partial charge < -0.3 is 9.64 Å². The van der Waals surface area contributed by atoms with E-state index in [4.69, 9.17) is 4.74 Å². The number of alkyl halides is 3. The van der Waals surface area contributed by atoms with Gasteiger partial charge >= 0.3 is 12.1 Å². The first kappa shape index (κ1) is 31.7. The van der Waals surface area contributed by atoms with Crippen molar-refractivity contribution in [2.45, 2.75) is 66.0 Å². The highest BCUT2D eigenvalue weighted by molar-refractivity contribution is 5.98. The smallest absolute Gasteiger partial charge is 0.434 e. The first-order valence-electron chi connectivity index (χ1n) is 14.2. The molecule has 1 aromatic carbocycles. The highest BCUT2D eigenvalue weighted by atomic mass is 19.4. The maximum Gasteiger partial charge on any atom is 0.434 e. The zero-order valence-corrected chi connectivity index (χ0v) is 25.0. The molecule has 0 aliphatic rings. The molecule has 0 unspecified atom stereocenters. The highest BCUT2D eigenvalue weighted by Crippen LogP contribution is 2.35. The van der Waals surface area contributed by atoms with Crippen molar-refractivity contribution in [3.8, 4) is 22.5 Å². The van der Waals surface area contributed by atoms with E-state index in [0.29, 0.717) is 24.3 Å². The molecule has 8 nitrogen and oxygen atoms in total. The molecule has 4 aromatic rings. The molecule has 0 aliphatic carbocycles. The Kier molecular flexibility index (Phi) is 9.52. The zero-order chi connectivity index (χ0) is 31.4. The van der Waals surface area contributed by atoms with Gasteiger partial charge in [-0.1, -0.05) is 45.7 Å². The number of nitrogens with zero attached hydrogens (tertiary/aromatic N) is 5. The van der Waals surface area contributed by atoms with E-state index < -0.39 is 17.3 Å². The molecular weight excluding hydrogens is 559 g/mol. The summed E-state index contributed by atoms with van der Waals surface area (Å²) >= 11 is 0. The summed E-state index contributed by atoms with van der Waals surface area (Å²) in [7, 11) is 1.38. The van der Waals surface area contributed by atoms with Gasteiger partial charge in [-0.05, 0) is 55.7 Å². The molecule has 0 saturated heterocycles. The van der Waals surface area contributed by atoms with Crippen LogP contribution in [0.5, 0.6) is 0 Å². The predicted molar refractivity (Wildman–Crippen MR) is 158 cm³/mol. The number of carbonyl (C=O) groups excluding carboxylic acids is 2. The Labute approximate surface area is 248 Å². The Morgan fingerprint density at radius 1 is 0.977 bits per heavy atom. The van der Waals surface area contributed by atoms with Crippen LogP contribution in [-0.4, -0.2) is 45.1 Å². The van der Waals surface area contributed by atoms with E-state index in [2.05, 4.69) is 15.1 Å². The van der Waals surface area contributed by atoms with Crippen LogP contribution < -0.4 is 4.90 Å². The second-order valence-electron chi connectivity index (χ2n) is 11.5. The predicted octanol–water partition coefficient (Wildman–Crippen LogP) is 7.29. The fraction of sp³-hybridized carbons (Fsp3) is 0.406. The van der Waals surface area contributed by atoms with Crippen LogP contribution in [0.3, 0.4) is 0 Å². The number of unbranched alkanes of at least 4 members (excludes halogenated alkanes) is 3. The van der Waals surface area contributed by atoms with Crippen LogP contribution in [-0.2, 0) is 20.5 Å². The number of anilines is 1. The number of rotatable bonds is 10. The summed E-state index contributed by atoms with van der Waals surface area (Å²) in [5.74, 6) is -0.237. The van der Waals surface area contributed by atoms with Crippen molar-refractivity contribution in [1.29, 1.82) is 0 Å². The molecule has 228 valence electrons. The quantitative estimate of drug-likeness (QED) is 0.141. The first-order valence-corrected chi connectivity index (χ1v) is 14.2. The van der Waals surface area contributed by atoms with Crippen LogP contribution in [0.15, 0.2) is 54.9 Å². The molecule has 11 heteroatoms. The third-order valence-corrected chi connectivity index (χ3v) is 7.09. The van der Waals surface area contributed by atoms with Gasteiger partial charge in [0.05, 0.1) is 24.7 Å². The van der Waals surface area contributed by atoms with Crippen molar-refractivity contribution < 1.29 is 27.5 Å². The Hall–Kier alpha value is -4.28. The number of aromatic nitrogens is 4. The number of halogens is 3. The van der Waals surface area contributed by atoms with Gasteiger partial charge in [0.15, 0.2) is 11.3 Å². The topological polar surface area (TPSA) is 89.7 Å². The molecule has 4 rings (SSSR count). The zero-order valence-electron chi connectivity index (χ0n) is 25.0. The summed E-state index contributed by atoms with van der Waals surface area (Å²) in [6.45, 7) is 8.12. The van der Waals surface area contributed by atoms with Gasteiger partial charge in [0, 0.05) is 41.4 Å². The number of amides is 1. The van der Waals surface area contributed by atoms with Crippen molar-refractivity contribution in [3.05, 3.63) is 66.1 Å². The summed E-state index contributed by atoms with van der Waals surface area (Å²) in [6.07, 6.45) is 1.73. The number of imidazole rings is 1. The van der Waals surface area contributed by atoms with Gasteiger partial charge in [0.2, 0.25) is 5.91 Å². The van der Waals surface area contributed by atoms with Gasteiger partial charge in [-0.2, -0.15) is 18.3 Å². The van der Waals surface area contributed by atoms with Crippen LogP contribution in [0.2, 0.25) is 0 Å². The number of carbonyl (C=O) groups is 2. The minimum atomic E-state index is -4.62. The van der Waals surface area contributed by atoms with Crippen molar-refractivity contribution in [1.82, 2.24) is 19.6 Å². The van der Waals surface area contributed by atoms with Crippen molar-refractivity contribution >= 4 is 23.2 Å². The van der Waals surface area contributed by atoms with Gasteiger partial charge in [-0.15, -0.1) is 0 Å². The lowest BCUT2D eigenvalue weighted by Gasteiger charge is -2.31. The van der Waals surface area contributed by atoms with E-state index in [1.54, 1.807) is 12.3 Å². The average molecular weight is 596 g/mol. The third-order valence-electron chi connectivity index (χ3n) is 7.09. The standard InChI is InChI=1S/C32H36F3N5O3/c1-21-13-14-22(19-26(21)39(30(42)31(2,3)4)18-9-7-6-8-12-28(41)43-5)25-20-40-27(37-25)16-15-24(38-40)23-11-10-17-36-29(23)32(33,34)35/h10-11,13-17,19-20H,6-9,12,18H2,1-5H3. The Morgan fingerprint density at radius 3 is 2.42 bits per heavy atom. The van der Waals surface area contributed by atoms with Crippen molar-refractivity contribution in [3.63, 3.8) is 0 Å². The van der Waals surface area contributed by atoms with E-state index in [1.165, 1.54) is 29.8 Å². The molecular formula is C32H36F3N5O3.